The minimum Gasteiger partial charge on any atom is -0.349 e. The first-order valence-corrected chi connectivity index (χ1v) is 9.21. The van der Waals surface area contributed by atoms with Gasteiger partial charge in [-0.3, -0.25) is 4.79 Å². The van der Waals surface area contributed by atoms with E-state index >= 15 is 0 Å². The summed E-state index contributed by atoms with van der Waals surface area (Å²) >= 11 is 0. The van der Waals surface area contributed by atoms with Gasteiger partial charge in [0.15, 0.2) is 0 Å². The standard InChI is InChI=1S/C21H27N3O2/c1-15(18-10-6-8-16-7-4-5-9-19(16)18)22-20(25)17-11-13-24(14-12-17)21(26)23(2)3/h4-10,15,17H,11-14H2,1-3H3,(H,22,25). The second-order valence-corrected chi connectivity index (χ2v) is 7.24. The molecule has 1 aliphatic rings. The van der Waals surface area contributed by atoms with Gasteiger partial charge in [-0.05, 0) is 36.1 Å². The molecule has 26 heavy (non-hydrogen) atoms. The van der Waals surface area contributed by atoms with Gasteiger partial charge < -0.3 is 15.1 Å². The van der Waals surface area contributed by atoms with Gasteiger partial charge >= 0.3 is 6.03 Å². The number of nitrogens with one attached hydrogen (secondary N) is 1. The topological polar surface area (TPSA) is 52.7 Å². The molecule has 1 atom stereocenters. The number of rotatable bonds is 3. The lowest BCUT2D eigenvalue weighted by molar-refractivity contribution is -0.126. The largest absolute Gasteiger partial charge is 0.349 e. The molecule has 3 rings (SSSR count). The Morgan fingerprint density at radius 2 is 1.73 bits per heavy atom. The number of carbonyl (C=O) groups excluding carboxylic acids is 2. The Kier molecular flexibility index (Phi) is 5.45. The molecule has 5 heteroatoms. The zero-order valence-electron chi connectivity index (χ0n) is 15.7. The highest BCUT2D eigenvalue weighted by molar-refractivity contribution is 5.87. The number of nitrogens with zero attached hydrogens (tertiary/aromatic N) is 2. The van der Waals surface area contributed by atoms with Crippen LogP contribution in [0.5, 0.6) is 0 Å². The number of piperidine rings is 1. The van der Waals surface area contributed by atoms with Crippen molar-refractivity contribution in [3.8, 4) is 0 Å². The molecule has 0 saturated carbocycles. The average molecular weight is 353 g/mol. The van der Waals surface area contributed by atoms with Crippen molar-refractivity contribution in [2.45, 2.75) is 25.8 Å². The van der Waals surface area contributed by atoms with Crippen LogP contribution in [0, 0.1) is 5.92 Å². The molecule has 138 valence electrons. The molecule has 1 aliphatic heterocycles. The van der Waals surface area contributed by atoms with E-state index in [4.69, 9.17) is 0 Å². The minimum absolute atomic E-state index is 0.0213. The molecule has 3 amide bonds. The predicted octanol–water partition coefficient (Wildman–Crippen LogP) is 3.41. The van der Waals surface area contributed by atoms with Crippen molar-refractivity contribution < 1.29 is 9.59 Å². The van der Waals surface area contributed by atoms with Crippen LogP contribution in [-0.2, 0) is 4.79 Å². The van der Waals surface area contributed by atoms with Crippen LogP contribution in [0.4, 0.5) is 4.79 Å². The van der Waals surface area contributed by atoms with Gasteiger partial charge in [-0.15, -0.1) is 0 Å². The fourth-order valence-corrected chi connectivity index (χ4v) is 3.65. The molecule has 1 saturated heterocycles. The van der Waals surface area contributed by atoms with Crippen LogP contribution in [0.3, 0.4) is 0 Å². The molecular formula is C21H27N3O2. The third-order valence-electron chi connectivity index (χ3n) is 5.17. The molecule has 0 bridgehead atoms. The first kappa shape index (κ1) is 18.2. The van der Waals surface area contributed by atoms with Crippen molar-refractivity contribution in [2.24, 2.45) is 5.92 Å². The number of likely N-dealkylation sites (tertiary alicyclic amines) is 1. The van der Waals surface area contributed by atoms with E-state index in [-0.39, 0.29) is 23.9 Å². The van der Waals surface area contributed by atoms with Crippen molar-refractivity contribution in [1.29, 1.82) is 0 Å². The maximum Gasteiger partial charge on any atom is 0.319 e. The second kappa shape index (κ2) is 7.77. The Morgan fingerprint density at radius 3 is 2.42 bits per heavy atom. The van der Waals surface area contributed by atoms with Crippen LogP contribution < -0.4 is 5.32 Å². The summed E-state index contributed by atoms with van der Waals surface area (Å²) < 4.78 is 0. The summed E-state index contributed by atoms with van der Waals surface area (Å²) in [5, 5.41) is 5.53. The molecule has 5 nitrogen and oxygen atoms in total. The first-order valence-electron chi connectivity index (χ1n) is 9.21. The second-order valence-electron chi connectivity index (χ2n) is 7.24. The van der Waals surface area contributed by atoms with Crippen LogP contribution in [-0.4, -0.2) is 48.9 Å². The molecule has 1 N–H and O–H groups in total. The van der Waals surface area contributed by atoms with Crippen LogP contribution in [0.2, 0.25) is 0 Å². The van der Waals surface area contributed by atoms with Crippen molar-refractivity contribution in [2.75, 3.05) is 27.2 Å². The predicted molar refractivity (Wildman–Crippen MR) is 104 cm³/mol. The lowest BCUT2D eigenvalue weighted by atomic mass is 9.94. The molecule has 0 aromatic heterocycles. The molecule has 2 aromatic carbocycles. The van der Waals surface area contributed by atoms with E-state index in [1.54, 1.807) is 19.0 Å². The SMILES string of the molecule is CC(NC(=O)C1CCN(C(=O)N(C)C)CC1)c1cccc2ccccc12. The number of urea groups is 1. The summed E-state index contributed by atoms with van der Waals surface area (Å²) in [6.07, 6.45) is 1.43. The molecule has 1 fully saturated rings. The van der Waals surface area contributed by atoms with Crippen LogP contribution in [0.15, 0.2) is 42.5 Å². The maximum absolute atomic E-state index is 12.7. The fourth-order valence-electron chi connectivity index (χ4n) is 3.65. The van der Waals surface area contributed by atoms with Crippen LogP contribution in [0.1, 0.15) is 31.4 Å². The number of carbonyl (C=O) groups is 2. The lowest BCUT2D eigenvalue weighted by Crippen LogP contribution is -2.46. The summed E-state index contributed by atoms with van der Waals surface area (Å²) in [4.78, 5) is 28.1. The number of fused-ring (bicyclic) bond motifs is 1. The monoisotopic (exact) mass is 353 g/mol. The molecular weight excluding hydrogens is 326 g/mol. The normalized spacial score (nSPS) is 16.3. The Hall–Kier alpha value is -2.56. The van der Waals surface area contributed by atoms with Crippen molar-refractivity contribution >= 4 is 22.7 Å². The van der Waals surface area contributed by atoms with E-state index in [9.17, 15) is 9.59 Å². The summed E-state index contributed by atoms with van der Waals surface area (Å²) in [5.41, 5.74) is 1.14. The molecule has 0 spiro atoms. The van der Waals surface area contributed by atoms with E-state index in [0.717, 1.165) is 5.56 Å². The number of benzene rings is 2. The summed E-state index contributed by atoms with van der Waals surface area (Å²) in [6, 6.07) is 14.4. The zero-order valence-corrected chi connectivity index (χ0v) is 15.7. The Morgan fingerprint density at radius 1 is 1.08 bits per heavy atom. The zero-order chi connectivity index (χ0) is 18.7. The van der Waals surface area contributed by atoms with Gasteiger partial charge in [0.25, 0.3) is 0 Å². The molecule has 2 aromatic rings. The van der Waals surface area contributed by atoms with Gasteiger partial charge in [-0.1, -0.05) is 42.5 Å². The minimum atomic E-state index is -0.0463. The van der Waals surface area contributed by atoms with Crippen molar-refractivity contribution in [1.82, 2.24) is 15.1 Å². The quantitative estimate of drug-likeness (QED) is 0.919. The third-order valence-corrected chi connectivity index (χ3v) is 5.17. The Balaban J connectivity index is 1.62. The summed E-state index contributed by atoms with van der Waals surface area (Å²) in [5.74, 6) is 0.0565. The van der Waals surface area contributed by atoms with Gasteiger partial charge in [0.05, 0.1) is 6.04 Å². The Bertz CT molecular complexity index is 789. The van der Waals surface area contributed by atoms with Gasteiger partial charge in [0.2, 0.25) is 5.91 Å². The van der Waals surface area contributed by atoms with Gasteiger partial charge in [0, 0.05) is 33.1 Å². The van der Waals surface area contributed by atoms with Gasteiger partial charge in [-0.25, -0.2) is 4.79 Å². The van der Waals surface area contributed by atoms with E-state index < -0.39 is 0 Å². The summed E-state index contributed by atoms with van der Waals surface area (Å²) in [6.45, 7) is 3.31. The fraction of sp³-hybridized carbons (Fsp3) is 0.429. The highest BCUT2D eigenvalue weighted by Crippen LogP contribution is 2.25. The maximum atomic E-state index is 12.7. The average Bonchev–Trinajstić information content (AvgIpc) is 2.66. The lowest BCUT2D eigenvalue weighted by Gasteiger charge is -2.33. The van der Waals surface area contributed by atoms with Gasteiger partial charge in [-0.2, -0.15) is 0 Å². The third kappa shape index (κ3) is 3.82. The molecule has 1 unspecified atom stereocenters. The smallest absolute Gasteiger partial charge is 0.319 e. The number of hydrogen-bond acceptors (Lipinski definition) is 2. The molecule has 1 heterocycles. The van der Waals surface area contributed by atoms with Gasteiger partial charge in [0.1, 0.15) is 0 Å². The Labute approximate surface area is 155 Å². The number of amides is 3. The molecule has 0 aliphatic carbocycles. The van der Waals surface area contributed by atoms with E-state index in [1.807, 2.05) is 30.0 Å². The van der Waals surface area contributed by atoms with E-state index in [0.29, 0.717) is 25.9 Å². The van der Waals surface area contributed by atoms with Crippen LogP contribution in [0.25, 0.3) is 10.8 Å². The first-order chi connectivity index (χ1) is 12.5. The van der Waals surface area contributed by atoms with E-state index in [1.165, 1.54) is 10.8 Å². The van der Waals surface area contributed by atoms with Crippen LogP contribution >= 0.6 is 0 Å². The highest BCUT2D eigenvalue weighted by Gasteiger charge is 2.28. The highest BCUT2D eigenvalue weighted by atomic mass is 16.2. The van der Waals surface area contributed by atoms with Crippen molar-refractivity contribution in [3.05, 3.63) is 48.0 Å². The summed E-state index contributed by atoms with van der Waals surface area (Å²) in [7, 11) is 3.51. The van der Waals surface area contributed by atoms with Crippen molar-refractivity contribution in [3.63, 3.8) is 0 Å². The van der Waals surface area contributed by atoms with E-state index in [2.05, 4.69) is 29.6 Å². The number of hydrogen-bond donors (Lipinski definition) is 1. The molecule has 0 radical (unpaired) electrons.